The lowest BCUT2D eigenvalue weighted by molar-refractivity contribution is 1.24. The highest BCUT2D eigenvalue weighted by molar-refractivity contribution is 9.10. The third kappa shape index (κ3) is 4.65. The highest BCUT2D eigenvalue weighted by atomic mass is 79.9. The molecule has 0 radical (unpaired) electrons. The van der Waals surface area contributed by atoms with Crippen LogP contribution in [0.2, 0.25) is 0 Å². The predicted molar refractivity (Wildman–Crippen MR) is 179 cm³/mol. The van der Waals surface area contributed by atoms with E-state index in [9.17, 15) is 0 Å². The summed E-state index contributed by atoms with van der Waals surface area (Å²) in [5.74, 6) is 0. The minimum atomic E-state index is 1.01. The van der Waals surface area contributed by atoms with Gasteiger partial charge in [0.25, 0.3) is 0 Å². The number of hydrogen-bond acceptors (Lipinski definition) is 2. The van der Waals surface area contributed by atoms with Crippen LogP contribution in [0.3, 0.4) is 0 Å². The first-order valence-electron chi connectivity index (χ1n) is 13.7. The van der Waals surface area contributed by atoms with Crippen LogP contribution in [0.25, 0.3) is 21.5 Å². The summed E-state index contributed by atoms with van der Waals surface area (Å²) in [5, 5.41) is 4.81. The third-order valence-corrected chi connectivity index (χ3v) is 8.30. The van der Waals surface area contributed by atoms with Crippen LogP contribution in [-0.2, 0) is 0 Å². The van der Waals surface area contributed by atoms with Crippen LogP contribution >= 0.6 is 15.9 Å². The molecule has 0 N–H and O–H groups in total. The van der Waals surface area contributed by atoms with Gasteiger partial charge in [0.05, 0.1) is 27.2 Å². The number of para-hydroxylation sites is 2. The van der Waals surface area contributed by atoms with Crippen LogP contribution in [0.15, 0.2) is 168 Å². The molecular weight excluding hydrogens is 564 g/mol. The van der Waals surface area contributed by atoms with E-state index < -0.39 is 0 Å². The van der Waals surface area contributed by atoms with Crippen molar-refractivity contribution >= 4 is 71.6 Å². The molecule has 7 aromatic carbocycles. The summed E-state index contributed by atoms with van der Waals surface area (Å²) in [6.45, 7) is 0. The Morgan fingerprint density at radius 2 is 0.683 bits per heavy atom. The van der Waals surface area contributed by atoms with E-state index in [0.717, 1.165) is 38.6 Å². The van der Waals surface area contributed by atoms with Gasteiger partial charge >= 0.3 is 0 Å². The molecule has 3 heteroatoms. The van der Waals surface area contributed by atoms with E-state index in [1.807, 2.05) is 0 Å². The van der Waals surface area contributed by atoms with Crippen molar-refractivity contribution in [2.24, 2.45) is 0 Å². The van der Waals surface area contributed by atoms with Gasteiger partial charge in [-0.05, 0) is 75.2 Å². The third-order valence-electron chi connectivity index (χ3n) is 7.48. The van der Waals surface area contributed by atoms with Crippen LogP contribution in [0.4, 0.5) is 34.1 Å². The van der Waals surface area contributed by atoms with E-state index in [2.05, 4.69) is 190 Å². The maximum atomic E-state index is 4.12. The van der Waals surface area contributed by atoms with Crippen molar-refractivity contribution < 1.29 is 0 Å². The number of fused-ring (bicyclic) bond motifs is 2. The molecule has 0 aliphatic heterocycles. The Morgan fingerprint density at radius 3 is 1.20 bits per heavy atom. The van der Waals surface area contributed by atoms with Gasteiger partial charge in [-0.2, -0.15) is 0 Å². The van der Waals surface area contributed by atoms with Gasteiger partial charge in [0.1, 0.15) is 0 Å². The van der Waals surface area contributed by atoms with Crippen molar-refractivity contribution in [3.63, 3.8) is 0 Å². The number of anilines is 6. The Kier molecular flexibility index (Phi) is 6.72. The van der Waals surface area contributed by atoms with Gasteiger partial charge in [-0.25, -0.2) is 0 Å². The number of halogens is 1. The zero-order valence-electron chi connectivity index (χ0n) is 22.4. The van der Waals surface area contributed by atoms with Crippen LogP contribution in [0, 0.1) is 0 Å². The molecule has 0 saturated heterocycles. The lowest BCUT2D eigenvalue weighted by Gasteiger charge is -2.32. The lowest BCUT2D eigenvalue weighted by Crippen LogP contribution is -2.15. The van der Waals surface area contributed by atoms with Gasteiger partial charge in [0.2, 0.25) is 0 Å². The Labute approximate surface area is 248 Å². The summed E-state index contributed by atoms with van der Waals surface area (Å²) in [4.78, 5) is 4.70. The molecule has 0 amide bonds. The molecule has 196 valence electrons. The number of hydrogen-bond donors (Lipinski definition) is 0. The van der Waals surface area contributed by atoms with Crippen molar-refractivity contribution in [3.05, 3.63) is 168 Å². The van der Waals surface area contributed by atoms with Crippen molar-refractivity contribution in [1.29, 1.82) is 0 Å². The van der Waals surface area contributed by atoms with Crippen LogP contribution < -0.4 is 9.80 Å². The molecule has 0 saturated carbocycles. The largest absolute Gasteiger partial charge is 0.309 e. The van der Waals surface area contributed by atoms with Gasteiger partial charge in [-0.1, -0.05) is 115 Å². The van der Waals surface area contributed by atoms with Gasteiger partial charge in [-0.15, -0.1) is 0 Å². The van der Waals surface area contributed by atoms with Gasteiger partial charge in [-0.3, -0.25) is 0 Å². The standard InChI is InChI=1S/C38H27BrN2/c39-38-36(40(30-18-3-1-4-19-30)31-20-5-2-6-21-31)26-13-27-37(38)41(34-24-11-16-28-14-7-9-22-32(28)34)35-25-12-17-29-15-8-10-23-33(29)35/h1-27H. The van der Waals surface area contributed by atoms with E-state index in [-0.39, 0.29) is 0 Å². The molecule has 0 bridgehead atoms. The lowest BCUT2D eigenvalue weighted by atomic mass is 10.0. The second kappa shape index (κ2) is 11.0. The Morgan fingerprint density at radius 1 is 0.317 bits per heavy atom. The fourth-order valence-electron chi connectivity index (χ4n) is 5.63. The highest BCUT2D eigenvalue weighted by Crippen LogP contribution is 2.48. The monoisotopic (exact) mass is 590 g/mol. The molecule has 0 aromatic heterocycles. The number of benzene rings is 7. The molecule has 41 heavy (non-hydrogen) atoms. The predicted octanol–water partition coefficient (Wildman–Crippen LogP) is 11.7. The summed E-state index contributed by atoms with van der Waals surface area (Å²) in [6, 6.07) is 57.9. The summed E-state index contributed by atoms with van der Waals surface area (Å²) in [7, 11) is 0. The smallest absolute Gasteiger partial charge is 0.0656 e. The first-order chi connectivity index (χ1) is 20.3. The van der Waals surface area contributed by atoms with Crippen molar-refractivity contribution in [3.8, 4) is 0 Å². The zero-order valence-corrected chi connectivity index (χ0v) is 23.9. The highest BCUT2D eigenvalue weighted by Gasteiger charge is 2.23. The number of rotatable bonds is 6. The second-order valence-electron chi connectivity index (χ2n) is 9.95. The summed E-state index contributed by atoms with van der Waals surface area (Å²) in [5.41, 5.74) is 6.57. The normalized spacial score (nSPS) is 11.0. The van der Waals surface area contributed by atoms with E-state index in [1.54, 1.807) is 0 Å². The molecule has 0 fully saturated rings. The molecule has 0 atom stereocenters. The molecule has 0 spiro atoms. The average Bonchev–Trinajstić information content (AvgIpc) is 3.04. The second-order valence-corrected chi connectivity index (χ2v) is 10.7. The molecule has 0 heterocycles. The fourth-order valence-corrected chi connectivity index (χ4v) is 6.25. The minimum Gasteiger partial charge on any atom is -0.309 e. The first-order valence-corrected chi connectivity index (χ1v) is 14.5. The zero-order chi connectivity index (χ0) is 27.6. The average molecular weight is 592 g/mol. The topological polar surface area (TPSA) is 6.48 Å². The summed E-state index contributed by atoms with van der Waals surface area (Å²) in [6.07, 6.45) is 0. The molecule has 2 nitrogen and oxygen atoms in total. The van der Waals surface area contributed by atoms with E-state index in [1.165, 1.54) is 21.5 Å². The molecular formula is C38H27BrN2. The first kappa shape index (κ1) is 25.1. The van der Waals surface area contributed by atoms with Crippen molar-refractivity contribution in [2.75, 3.05) is 9.80 Å². The van der Waals surface area contributed by atoms with Gasteiger partial charge in [0, 0.05) is 22.1 Å². The Hall–Kier alpha value is -4.86. The van der Waals surface area contributed by atoms with E-state index >= 15 is 0 Å². The summed E-state index contributed by atoms with van der Waals surface area (Å²) >= 11 is 4.12. The molecule has 0 aliphatic carbocycles. The van der Waals surface area contributed by atoms with Crippen molar-refractivity contribution in [2.45, 2.75) is 0 Å². The van der Waals surface area contributed by atoms with Crippen molar-refractivity contribution in [1.82, 2.24) is 0 Å². The molecule has 0 unspecified atom stereocenters. The van der Waals surface area contributed by atoms with E-state index in [0.29, 0.717) is 0 Å². The Balaban J connectivity index is 1.51. The van der Waals surface area contributed by atoms with Crippen LogP contribution in [0.1, 0.15) is 0 Å². The SMILES string of the molecule is Brc1c(N(c2ccccc2)c2ccccc2)cccc1N(c1cccc2ccccc12)c1cccc2ccccc12. The molecule has 0 aliphatic rings. The van der Waals surface area contributed by atoms with Crippen LogP contribution in [0.5, 0.6) is 0 Å². The molecule has 7 rings (SSSR count). The van der Waals surface area contributed by atoms with E-state index in [4.69, 9.17) is 0 Å². The van der Waals surface area contributed by atoms with Crippen LogP contribution in [-0.4, -0.2) is 0 Å². The quantitative estimate of drug-likeness (QED) is 0.190. The molecule has 7 aromatic rings. The Bertz CT molecular complexity index is 1840. The number of nitrogens with zero attached hydrogens (tertiary/aromatic N) is 2. The van der Waals surface area contributed by atoms with Gasteiger partial charge in [0.15, 0.2) is 0 Å². The van der Waals surface area contributed by atoms with Gasteiger partial charge < -0.3 is 9.80 Å². The fraction of sp³-hybridized carbons (Fsp3) is 0. The summed E-state index contributed by atoms with van der Waals surface area (Å²) < 4.78 is 1.01. The maximum Gasteiger partial charge on any atom is 0.0656 e. The minimum absolute atomic E-state index is 1.01. The maximum absolute atomic E-state index is 4.12.